The van der Waals surface area contributed by atoms with E-state index in [1.165, 1.54) is 6.33 Å². The molecule has 1 N–H and O–H groups in total. The lowest BCUT2D eigenvalue weighted by Gasteiger charge is -2.15. The summed E-state index contributed by atoms with van der Waals surface area (Å²) in [7, 11) is 0. The van der Waals surface area contributed by atoms with Gasteiger partial charge in [-0.1, -0.05) is 39.7 Å². The van der Waals surface area contributed by atoms with Gasteiger partial charge in [0.15, 0.2) is 0 Å². The molecule has 0 radical (unpaired) electrons. The molecular weight excluding hydrogens is 348 g/mol. The second kappa shape index (κ2) is 6.15. The quantitative estimate of drug-likeness (QED) is 0.508. The Kier molecular flexibility index (Phi) is 4.51. The van der Waals surface area contributed by atoms with E-state index in [2.05, 4.69) is 31.2 Å². The fraction of sp³-hybridized carbons (Fsp3) is 0.167. The summed E-state index contributed by atoms with van der Waals surface area (Å²) in [5.41, 5.74) is 0.638. The van der Waals surface area contributed by atoms with E-state index < -0.39 is 4.92 Å². The molecule has 0 spiro atoms. The Balaban J connectivity index is 2.30. The van der Waals surface area contributed by atoms with Gasteiger partial charge in [0.2, 0.25) is 11.0 Å². The standard InChI is InChI=1S/C12H10BrClN4O2/c1-7(8-3-2-4-9(13)5-8)17-12-10(18(19)20)11(14)15-6-16-12/h2-7H,1H3,(H,15,16,17). The van der Waals surface area contributed by atoms with Crippen LogP contribution < -0.4 is 5.32 Å². The first kappa shape index (κ1) is 14.7. The number of rotatable bonds is 4. The molecule has 1 aromatic heterocycles. The number of nitro groups is 1. The van der Waals surface area contributed by atoms with Crippen LogP contribution in [-0.4, -0.2) is 14.9 Å². The van der Waals surface area contributed by atoms with E-state index >= 15 is 0 Å². The Bertz CT molecular complexity index is 653. The second-order valence-electron chi connectivity index (χ2n) is 4.04. The predicted molar refractivity (Wildman–Crippen MR) is 79.9 cm³/mol. The van der Waals surface area contributed by atoms with Crippen LogP contribution in [0.2, 0.25) is 5.15 Å². The monoisotopic (exact) mass is 356 g/mol. The summed E-state index contributed by atoms with van der Waals surface area (Å²) in [6.45, 7) is 1.88. The Morgan fingerprint density at radius 1 is 1.45 bits per heavy atom. The van der Waals surface area contributed by atoms with Crippen LogP contribution in [0.5, 0.6) is 0 Å². The molecule has 0 aliphatic rings. The maximum absolute atomic E-state index is 11.0. The van der Waals surface area contributed by atoms with Crippen molar-refractivity contribution in [2.75, 3.05) is 5.32 Å². The minimum absolute atomic E-state index is 0.0995. The summed E-state index contributed by atoms with van der Waals surface area (Å²) >= 11 is 9.12. The number of hydrogen-bond acceptors (Lipinski definition) is 5. The van der Waals surface area contributed by atoms with Crippen molar-refractivity contribution >= 4 is 39.0 Å². The van der Waals surface area contributed by atoms with Gasteiger partial charge in [-0.3, -0.25) is 10.1 Å². The van der Waals surface area contributed by atoms with Crippen molar-refractivity contribution in [2.24, 2.45) is 0 Å². The second-order valence-corrected chi connectivity index (χ2v) is 5.31. The molecule has 0 aliphatic carbocycles. The van der Waals surface area contributed by atoms with Crippen molar-refractivity contribution in [3.8, 4) is 0 Å². The molecule has 20 heavy (non-hydrogen) atoms. The molecule has 1 aromatic carbocycles. The van der Waals surface area contributed by atoms with Gasteiger partial charge in [0.25, 0.3) is 0 Å². The molecule has 104 valence electrons. The van der Waals surface area contributed by atoms with Gasteiger partial charge < -0.3 is 5.32 Å². The van der Waals surface area contributed by atoms with Crippen molar-refractivity contribution in [3.63, 3.8) is 0 Å². The summed E-state index contributed by atoms with van der Waals surface area (Å²) in [5.74, 6) is 0.0995. The van der Waals surface area contributed by atoms with Gasteiger partial charge in [-0.05, 0) is 24.6 Å². The van der Waals surface area contributed by atoms with Gasteiger partial charge in [0, 0.05) is 4.47 Å². The third-order valence-corrected chi connectivity index (χ3v) is 3.43. The lowest BCUT2D eigenvalue weighted by molar-refractivity contribution is -0.384. The summed E-state index contributed by atoms with van der Waals surface area (Å²) in [4.78, 5) is 17.9. The lowest BCUT2D eigenvalue weighted by atomic mass is 10.1. The number of halogens is 2. The zero-order chi connectivity index (χ0) is 14.7. The summed E-state index contributed by atoms with van der Waals surface area (Å²) in [5, 5.41) is 13.8. The van der Waals surface area contributed by atoms with Gasteiger partial charge >= 0.3 is 5.69 Å². The van der Waals surface area contributed by atoms with E-state index in [0.29, 0.717) is 0 Å². The molecule has 1 heterocycles. The summed E-state index contributed by atoms with van der Waals surface area (Å²) < 4.78 is 0.930. The van der Waals surface area contributed by atoms with Gasteiger partial charge in [0.05, 0.1) is 11.0 Å². The van der Waals surface area contributed by atoms with E-state index in [0.717, 1.165) is 10.0 Å². The van der Waals surface area contributed by atoms with E-state index in [1.54, 1.807) is 0 Å². The van der Waals surface area contributed by atoms with Crippen LogP contribution in [0.4, 0.5) is 11.5 Å². The SMILES string of the molecule is CC(Nc1ncnc(Cl)c1[N+](=O)[O-])c1cccc(Br)c1. The summed E-state index contributed by atoms with van der Waals surface area (Å²) in [6, 6.07) is 7.46. The molecule has 1 atom stereocenters. The molecule has 6 nitrogen and oxygen atoms in total. The van der Waals surface area contributed by atoms with Crippen LogP contribution in [0.15, 0.2) is 35.1 Å². The number of anilines is 1. The maximum Gasteiger partial charge on any atom is 0.348 e. The van der Waals surface area contributed by atoms with Gasteiger partial charge in [0.1, 0.15) is 6.33 Å². The first-order chi connectivity index (χ1) is 9.49. The molecule has 0 bridgehead atoms. The number of benzene rings is 1. The number of nitrogens with zero attached hydrogens (tertiary/aromatic N) is 3. The third-order valence-electron chi connectivity index (χ3n) is 2.66. The predicted octanol–water partition coefficient (Wildman–Crippen LogP) is 3.97. The minimum Gasteiger partial charge on any atom is -0.358 e. The van der Waals surface area contributed by atoms with Crippen LogP contribution in [0.25, 0.3) is 0 Å². The topological polar surface area (TPSA) is 81.0 Å². The molecule has 0 amide bonds. The number of nitrogens with one attached hydrogen (secondary N) is 1. The average Bonchev–Trinajstić information content (AvgIpc) is 2.38. The fourth-order valence-electron chi connectivity index (χ4n) is 1.69. The number of aromatic nitrogens is 2. The molecule has 1 unspecified atom stereocenters. The molecule has 2 aromatic rings. The van der Waals surface area contributed by atoms with Gasteiger partial charge in [-0.15, -0.1) is 0 Å². The highest BCUT2D eigenvalue weighted by Crippen LogP contribution is 2.31. The van der Waals surface area contributed by atoms with Crippen molar-refractivity contribution in [2.45, 2.75) is 13.0 Å². The zero-order valence-electron chi connectivity index (χ0n) is 10.4. The Morgan fingerprint density at radius 3 is 2.85 bits per heavy atom. The molecule has 0 fully saturated rings. The first-order valence-corrected chi connectivity index (χ1v) is 6.83. The van der Waals surface area contributed by atoms with Gasteiger partial charge in [-0.25, -0.2) is 9.97 Å². The van der Waals surface area contributed by atoms with Crippen molar-refractivity contribution in [3.05, 3.63) is 55.9 Å². The molecule has 2 rings (SSSR count). The smallest absolute Gasteiger partial charge is 0.348 e. The van der Waals surface area contributed by atoms with Crippen molar-refractivity contribution in [1.82, 2.24) is 9.97 Å². The highest BCUT2D eigenvalue weighted by Gasteiger charge is 2.22. The fourth-order valence-corrected chi connectivity index (χ4v) is 2.31. The Morgan fingerprint density at radius 2 is 2.20 bits per heavy atom. The normalized spacial score (nSPS) is 11.9. The van der Waals surface area contributed by atoms with E-state index in [4.69, 9.17) is 11.6 Å². The van der Waals surface area contributed by atoms with Crippen LogP contribution in [0, 0.1) is 10.1 Å². The minimum atomic E-state index is -0.599. The van der Waals surface area contributed by atoms with E-state index in [9.17, 15) is 10.1 Å². The Labute approximate surface area is 128 Å². The van der Waals surface area contributed by atoms with Crippen molar-refractivity contribution in [1.29, 1.82) is 0 Å². The van der Waals surface area contributed by atoms with Crippen LogP contribution >= 0.6 is 27.5 Å². The lowest BCUT2D eigenvalue weighted by Crippen LogP contribution is -2.10. The Hall–Kier alpha value is -1.73. The van der Waals surface area contributed by atoms with Crippen LogP contribution in [0.3, 0.4) is 0 Å². The van der Waals surface area contributed by atoms with E-state index in [1.807, 2.05) is 31.2 Å². The first-order valence-electron chi connectivity index (χ1n) is 5.66. The summed E-state index contributed by atoms with van der Waals surface area (Å²) in [6.07, 6.45) is 1.19. The maximum atomic E-state index is 11.0. The highest BCUT2D eigenvalue weighted by atomic mass is 79.9. The molecule has 0 saturated heterocycles. The zero-order valence-corrected chi connectivity index (χ0v) is 12.7. The largest absolute Gasteiger partial charge is 0.358 e. The van der Waals surface area contributed by atoms with Crippen molar-refractivity contribution < 1.29 is 4.92 Å². The number of hydrogen-bond donors (Lipinski definition) is 1. The van der Waals surface area contributed by atoms with Crippen LogP contribution in [-0.2, 0) is 0 Å². The van der Waals surface area contributed by atoms with E-state index in [-0.39, 0.29) is 22.7 Å². The molecular formula is C12H10BrClN4O2. The molecule has 0 aliphatic heterocycles. The third kappa shape index (κ3) is 3.23. The molecule has 0 saturated carbocycles. The highest BCUT2D eigenvalue weighted by molar-refractivity contribution is 9.10. The average molecular weight is 358 g/mol. The molecule has 8 heteroatoms. The van der Waals surface area contributed by atoms with Crippen LogP contribution in [0.1, 0.15) is 18.5 Å². The van der Waals surface area contributed by atoms with Gasteiger partial charge in [-0.2, -0.15) is 0 Å².